The van der Waals surface area contributed by atoms with Crippen LogP contribution in [0.15, 0.2) is 65.6 Å². The number of H-pyrrole nitrogens is 1. The number of aryl methyl sites for hydroxylation is 1. The molecular weight excluding hydrogens is 392 g/mol. The van der Waals surface area contributed by atoms with Gasteiger partial charge in [0.2, 0.25) is 5.91 Å². The van der Waals surface area contributed by atoms with E-state index in [0.29, 0.717) is 55.6 Å². The number of hydrogen-bond donors (Lipinski definition) is 2. The van der Waals surface area contributed by atoms with Gasteiger partial charge >= 0.3 is 0 Å². The summed E-state index contributed by atoms with van der Waals surface area (Å²) >= 11 is 0. The smallest absolute Gasteiger partial charge is 0.258 e. The van der Waals surface area contributed by atoms with Crippen LogP contribution in [0.2, 0.25) is 0 Å². The molecule has 2 aromatic carbocycles. The molecule has 0 bridgehead atoms. The molecular formula is C24H24N4O3. The van der Waals surface area contributed by atoms with Gasteiger partial charge in [-0.05, 0) is 37.1 Å². The lowest BCUT2D eigenvalue weighted by molar-refractivity contribution is -0.121. The third-order valence-electron chi connectivity index (χ3n) is 4.98. The van der Waals surface area contributed by atoms with Gasteiger partial charge in [0, 0.05) is 31.0 Å². The Hall–Kier alpha value is -3.74. The van der Waals surface area contributed by atoms with Crippen LogP contribution >= 0.6 is 0 Å². The summed E-state index contributed by atoms with van der Waals surface area (Å²) in [5.41, 5.74) is 1.37. The number of ether oxygens (including phenoxy) is 1. The van der Waals surface area contributed by atoms with Gasteiger partial charge in [0.25, 0.3) is 5.56 Å². The summed E-state index contributed by atoms with van der Waals surface area (Å²) in [6, 6.07) is 17.0. The number of hydrogen-bond acceptors (Lipinski definition) is 5. The summed E-state index contributed by atoms with van der Waals surface area (Å²) in [5.74, 6) is 1.34. The summed E-state index contributed by atoms with van der Waals surface area (Å²) < 4.78 is 5.83. The fourth-order valence-corrected chi connectivity index (χ4v) is 3.43. The van der Waals surface area contributed by atoms with Crippen molar-refractivity contribution in [1.82, 2.24) is 20.3 Å². The number of pyridine rings is 1. The second kappa shape index (κ2) is 9.84. The molecule has 0 atom stereocenters. The largest absolute Gasteiger partial charge is 0.491 e. The van der Waals surface area contributed by atoms with Crippen LogP contribution in [-0.2, 0) is 11.2 Å². The Labute approximate surface area is 179 Å². The summed E-state index contributed by atoms with van der Waals surface area (Å²) in [6.07, 6.45) is 3.99. The normalized spacial score (nSPS) is 11.0. The molecule has 4 aromatic rings. The first-order valence-electron chi connectivity index (χ1n) is 10.4. The lowest BCUT2D eigenvalue weighted by atomic mass is 10.2. The Kier molecular flexibility index (Phi) is 6.52. The monoisotopic (exact) mass is 416 g/mol. The summed E-state index contributed by atoms with van der Waals surface area (Å²) in [5, 5.41) is 4.52. The molecule has 0 saturated heterocycles. The quantitative estimate of drug-likeness (QED) is 0.408. The van der Waals surface area contributed by atoms with E-state index in [4.69, 9.17) is 4.74 Å². The van der Waals surface area contributed by atoms with Crippen molar-refractivity contribution < 1.29 is 9.53 Å². The number of benzene rings is 2. The molecule has 0 aliphatic rings. The summed E-state index contributed by atoms with van der Waals surface area (Å²) in [7, 11) is 0. The van der Waals surface area contributed by atoms with Crippen molar-refractivity contribution in [1.29, 1.82) is 0 Å². The SMILES string of the molecule is O=C(CCCc1nc2ccccc2c(=O)[nH]1)NCCCOc1cccc2cccnc12. The van der Waals surface area contributed by atoms with E-state index < -0.39 is 0 Å². The fraction of sp³-hybridized carbons (Fsp3) is 0.250. The van der Waals surface area contributed by atoms with E-state index in [1.54, 1.807) is 12.3 Å². The number of rotatable bonds is 9. The van der Waals surface area contributed by atoms with Crippen molar-refractivity contribution in [3.05, 3.63) is 77.0 Å². The average Bonchev–Trinajstić information content (AvgIpc) is 2.79. The molecule has 0 radical (unpaired) electrons. The van der Waals surface area contributed by atoms with Crippen molar-refractivity contribution in [2.45, 2.75) is 25.7 Å². The van der Waals surface area contributed by atoms with Gasteiger partial charge in [-0.15, -0.1) is 0 Å². The molecule has 0 saturated carbocycles. The Morgan fingerprint density at radius 2 is 1.90 bits per heavy atom. The molecule has 31 heavy (non-hydrogen) atoms. The third kappa shape index (κ3) is 5.25. The highest BCUT2D eigenvalue weighted by Gasteiger charge is 2.06. The molecule has 7 heteroatoms. The zero-order valence-corrected chi connectivity index (χ0v) is 17.1. The number of carbonyl (C=O) groups is 1. The molecule has 0 aliphatic carbocycles. The van der Waals surface area contributed by atoms with Gasteiger partial charge in [-0.25, -0.2) is 4.98 Å². The van der Waals surface area contributed by atoms with Crippen LogP contribution in [0.5, 0.6) is 5.75 Å². The second-order valence-electron chi connectivity index (χ2n) is 7.27. The van der Waals surface area contributed by atoms with Crippen LogP contribution in [0.3, 0.4) is 0 Å². The minimum Gasteiger partial charge on any atom is -0.491 e. The minimum absolute atomic E-state index is 0.0186. The van der Waals surface area contributed by atoms with Gasteiger partial charge in [-0.3, -0.25) is 14.6 Å². The topological polar surface area (TPSA) is 97.0 Å². The number of nitrogens with zero attached hydrogens (tertiary/aromatic N) is 2. The first-order chi connectivity index (χ1) is 15.2. The highest BCUT2D eigenvalue weighted by atomic mass is 16.5. The van der Waals surface area contributed by atoms with E-state index in [1.165, 1.54) is 0 Å². The van der Waals surface area contributed by atoms with Gasteiger partial charge in [-0.2, -0.15) is 0 Å². The molecule has 0 spiro atoms. The lowest BCUT2D eigenvalue weighted by Gasteiger charge is -2.09. The summed E-state index contributed by atoms with van der Waals surface area (Å²) in [4.78, 5) is 35.8. The number of para-hydroxylation sites is 2. The maximum atomic E-state index is 12.1. The number of fused-ring (bicyclic) bond motifs is 2. The molecule has 0 aliphatic heterocycles. The Bertz CT molecular complexity index is 1250. The zero-order chi connectivity index (χ0) is 21.5. The van der Waals surface area contributed by atoms with Crippen LogP contribution in [0.1, 0.15) is 25.1 Å². The predicted molar refractivity (Wildman–Crippen MR) is 120 cm³/mol. The van der Waals surface area contributed by atoms with Crippen LogP contribution in [0.4, 0.5) is 0 Å². The van der Waals surface area contributed by atoms with Gasteiger partial charge in [0.05, 0.1) is 17.5 Å². The highest BCUT2D eigenvalue weighted by molar-refractivity contribution is 5.84. The number of aromatic nitrogens is 3. The predicted octanol–water partition coefficient (Wildman–Crippen LogP) is 3.38. The van der Waals surface area contributed by atoms with E-state index >= 15 is 0 Å². The van der Waals surface area contributed by atoms with E-state index in [0.717, 1.165) is 16.7 Å². The first kappa shape index (κ1) is 20.5. The van der Waals surface area contributed by atoms with Crippen molar-refractivity contribution in [2.24, 2.45) is 0 Å². The standard InChI is InChI=1S/C24H24N4O3/c29-22(13-4-12-21-27-19-10-2-1-9-18(19)24(30)28-21)25-15-6-16-31-20-11-3-7-17-8-5-14-26-23(17)20/h1-3,5,7-11,14H,4,6,12-13,15-16H2,(H,25,29)(H,27,28,30). The highest BCUT2D eigenvalue weighted by Crippen LogP contribution is 2.22. The molecule has 1 amide bonds. The number of amides is 1. The van der Waals surface area contributed by atoms with Crippen molar-refractivity contribution in [3.63, 3.8) is 0 Å². The molecule has 2 N–H and O–H groups in total. The Balaban J connectivity index is 1.17. The Morgan fingerprint density at radius 1 is 1.03 bits per heavy atom. The minimum atomic E-state index is -0.147. The first-order valence-corrected chi connectivity index (χ1v) is 10.4. The van der Waals surface area contributed by atoms with Crippen LogP contribution < -0.4 is 15.6 Å². The molecule has 7 nitrogen and oxygen atoms in total. The van der Waals surface area contributed by atoms with Crippen LogP contribution in [0.25, 0.3) is 21.8 Å². The number of aromatic amines is 1. The van der Waals surface area contributed by atoms with Gasteiger partial charge in [0.1, 0.15) is 17.1 Å². The molecule has 158 valence electrons. The fourth-order valence-electron chi connectivity index (χ4n) is 3.43. The maximum Gasteiger partial charge on any atom is 0.258 e. The molecule has 2 heterocycles. The van der Waals surface area contributed by atoms with Gasteiger partial charge in [-0.1, -0.05) is 30.3 Å². The van der Waals surface area contributed by atoms with E-state index in [2.05, 4.69) is 20.3 Å². The van der Waals surface area contributed by atoms with E-state index in [1.807, 2.05) is 48.5 Å². The van der Waals surface area contributed by atoms with Crippen LogP contribution in [-0.4, -0.2) is 34.0 Å². The molecule has 0 unspecified atom stereocenters. The zero-order valence-electron chi connectivity index (χ0n) is 17.1. The second-order valence-corrected chi connectivity index (χ2v) is 7.27. The van der Waals surface area contributed by atoms with Crippen LogP contribution in [0, 0.1) is 0 Å². The van der Waals surface area contributed by atoms with Crippen molar-refractivity contribution in [2.75, 3.05) is 13.2 Å². The lowest BCUT2D eigenvalue weighted by Crippen LogP contribution is -2.25. The summed E-state index contributed by atoms with van der Waals surface area (Å²) in [6.45, 7) is 1.04. The van der Waals surface area contributed by atoms with Crippen molar-refractivity contribution in [3.8, 4) is 5.75 Å². The van der Waals surface area contributed by atoms with E-state index in [9.17, 15) is 9.59 Å². The number of nitrogens with one attached hydrogen (secondary N) is 2. The van der Waals surface area contributed by atoms with Gasteiger partial charge < -0.3 is 15.0 Å². The maximum absolute atomic E-state index is 12.1. The Morgan fingerprint density at radius 3 is 2.84 bits per heavy atom. The molecule has 4 rings (SSSR count). The molecule has 0 fully saturated rings. The third-order valence-corrected chi connectivity index (χ3v) is 4.98. The van der Waals surface area contributed by atoms with E-state index in [-0.39, 0.29) is 11.5 Å². The van der Waals surface area contributed by atoms with Crippen molar-refractivity contribution >= 4 is 27.7 Å². The molecule has 2 aromatic heterocycles. The van der Waals surface area contributed by atoms with Gasteiger partial charge in [0.15, 0.2) is 0 Å². The number of carbonyl (C=O) groups excluding carboxylic acids is 1. The average molecular weight is 416 g/mol.